The van der Waals surface area contributed by atoms with Crippen LogP contribution in [0.1, 0.15) is 17.5 Å². The van der Waals surface area contributed by atoms with Crippen molar-refractivity contribution in [1.82, 2.24) is 9.55 Å². The van der Waals surface area contributed by atoms with Crippen LogP contribution in [-0.2, 0) is 7.05 Å². The summed E-state index contributed by atoms with van der Waals surface area (Å²) < 4.78 is 1.77. The molecule has 15 heavy (non-hydrogen) atoms. The third-order valence-corrected chi connectivity index (χ3v) is 2.65. The molecule has 1 heterocycles. The molecule has 2 rings (SSSR count). The number of aliphatic hydroxyl groups is 1. The zero-order valence-electron chi connectivity index (χ0n) is 8.26. The molecule has 0 aliphatic rings. The number of halogens is 1. The maximum Gasteiger partial charge on any atom is 0.142 e. The lowest BCUT2D eigenvalue weighted by Gasteiger charge is -2.12. The van der Waals surface area contributed by atoms with Crippen LogP contribution in [0.5, 0.6) is 0 Å². The Bertz CT molecular complexity index is 467. The minimum atomic E-state index is -0.779. The molecule has 0 fully saturated rings. The van der Waals surface area contributed by atoms with Gasteiger partial charge >= 0.3 is 0 Å². The van der Waals surface area contributed by atoms with Gasteiger partial charge < -0.3 is 9.67 Å². The Hall–Kier alpha value is -1.32. The largest absolute Gasteiger partial charge is 0.380 e. The van der Waals surface area contributed by atoms with Gasteiger partial charge in [0.25, 0.3) is 0 Å². The molecule has 78 valence electrons. The van der Waals surface area contributed by atoms with Crippen molar-refractivity contribution in [3.8, 4) is 0 Å². The molecule has 1 aromatic heterocycles. The molecule has 0 amide bonds. The van der Waals surface area contributed by atoms with E-state index in [9.17, 15) is 5.11 Å². The first-order valence-corrected chi connectivity index (χ1v) is 4.97. The van der Waals surface area contributed by atoms with Crippen LogP contribution in [0, 0.1) is 0 Å². The second kappa shape index (κ2) is 4.04. The number of imidazole rings is 1. The van der Waals surface area contributed by atoms with Crippen LogP contribution in [0.3, 0.4) is 0 Å². The van der Waals surface area contributed by atoms with Crippen molar-refractivity contribution in [2.75, 3.05) is 0 Å². The lowest BCUT2D eigenvalue weighted by molar-refractivity contribution is 0.206. The summed E-state index contributed by atoms with van der Waals surface area (Å²) in [6.07, 6.45) is 2.66. The van der Waals surface area contributed by atoms with Crippen LogP contribution >= 0.6 is 11.6 Å². The van der Waals surface area contributed by atoms with E-state index in [1.807, 2.05) is 19.2 Å². The fraction of sp³-hybridized carbons (Fsp3) is 0.182. The third kappa shape index (κ3) is 1.89. The Morgan fingerprint density at radius 1 is 1.40 bits per heavy atom. The Labute approximate surface area is 93.0 Å². The lowest BCUT2D eigenvalue weighted by Crippen LogP contribution is -2.07. The number of nitrogens with zero attached hydrogens (tertiary/aromatic N) is 2. The van der Waals surface area contributed by atoms with E-state index >= 15 is 0 Å². The fourth-order valence-electron chi connectivity index (χ4n) is 1.48. The molecular formula is C11H11ClN2O. The van der Waals surface area contributed by atoms with E-state index in [0.717, 1.165) is 0 Å². The molecule has 1 aromatic carbocycles. The van der Waals surface area contributed by atoms with Gasteiger partial charge in [0.2, 0.25) is 0 Å². The van der Waals surface area contributed by atoms with Crippen LogP contribution in [0.4, 0.5) is 0 Å². The van der Waals surface area contributed by atoms with Crippen molar-refractivity contribution in [2.45, 2.75) is 6.10 Å². The summed E-state index contributed by atoms with van der Waals surface area (Å²) >= 11 is 5.99. The van der Waals surface area contributed by atoms with E-state index in [1.54, 1.807) is 29.1 Å². The predicted octanol–water partition coefficient (Wildman–Crippen LogP) is 2.16. The molecule has 0 spiro atoms. The van der Waals surface area contributed by atoms with E-state index in [-0.39, 0.29) is 0 Å². The first kappa shape index (κ1) is 10.2. The molecule has 0 saturated heterocycles. The number of aryl methyl sites for hydroxylation is 1. The number of rotatable bonds is 2. The first-order valence-electron chi connectivity index (χ1n) is 4.60. The molecule has 0 aliphatic heterocycles. The maximum atomic E-state index is 10.1. The van der Waals surface area contributed by atoms with Gasteiger partial charge in [-0.25, -0.2) is 4.98 Å². The van der Waals surface area contributed by atoms with Gasteiger partial charge in [0, 0.05) is 30.0 Å². The number of hydrogen-bond donors (Lipinski definition) is 1. The van der Waals surface area contributed by atoms with Crippen LogP contribution < -0.4 is 0 Å². The van der Waals surface area contributed by atoms with Crippen LogP contribution in [0.15, 0.2) is 36.7 Å². The number of aliphatic hydroxyl groups excluding tert-OH is 1. The summed E-state index contributed by atoms with van der Waals surface area (Å²) in [6, 6.07) is 7.22. The average molecular weight is 223 g/mol. The average Bonchev–Trinajstić information content (AvgIpc) is 2.64. The summed E-state index contributed by atoms with van der Waals surface area (Å²) in [5.74, 6) is 0.586. The van der Waals surface area contributed by atoms with Crippen molar-refractivity contribution in [2.24, 2.45) is 7.05 Å². The quantitative estimate of drug-likeness (QED) is 0.846. The van der Waals surface area contributed by atoms with Crippen LogP contribution in [0.2, 0.25) is 5.02 Å². The summed E-state index contributed by atoms with van der Waals surface area (Å²) in [4.78, 5) is 4.09. The molecule has 1 unspecified atom stereocenters. The van der Waals surface area contributed by atoms with Gasteiger partial charge in [-0.2, -0.15) is 0 Å². The summed E-state index contributed by atoms with van der Waals surface area (Å²) in [7, 11) is 1.84. The SMILES string of the molecule is Cn1ccnc1C(O)c1ccccc1Cl. The molecule has 0 aliphatic carbocycles. The molecule has 0 saturated carbocycles. The van der Waals surface area contributed by atoms with Crippen molar-refractivity contribution >= 4 is 11.6 Å². The zero-order chi connectivity index (χ0) is 10.8. The van der Waals surface area contributed by atoms with Crippen molar-refractivity contribution < 1.29 is 5.11 Å². The van der Waals surface area contributed by atoms with Gasteiger partial charge in [-0.1, -0.05) is 29.8 Å². The molecular weight excluding hydrogens is 212 g/mol. The van der Waals surface area contributed by atoms with E-state index < -0.39 is 6.10 Å². The summed E-state index contributed by atoms with van der Waals surface area (Å²) in [5, 5.41) is 10.6. The second-order valence-corrected chi connectivity index (χ2v) is 3.73. The normalized spacial score (nSPS) is 12.7. The third-order valence-electron chi connectivity index (χ3n) is 2.30. The number of aromatic nitrogens is 2. The Balaban J connectivity index is 2.41. The highest BCUT2D eigenvalue weighted by Crippen LogP contribution is 2.26. The van der Waals surface area contributed by atoms with Crippen molar-refractivity contribution in [3.05, 3.63) is 53.1 Å². The van der Waals surface area contributed by atoms with Crippen LogP contribution in [-0.4, -0.2) is 14.7 Å². The van der Waals surface area contributed by atoms with Gasteiger partial charge in [-0.3, -0.25) is 0 Å². The molecule has 1 atom stereocenters. The Morgan fingerprint density at radius 2 is 2.13 bits per heavy atom. The standard InChI is InChI=1S/C11H11ClN2O/c1-14-7-6-13-11(14)10(15)8-4-2-3-5-9(8)12/h2-7,10,15H,1H3. The Morgan fingerprint density at radius 3 is 2.73 bits per heavy atom. The highest BCUT2D eigenvalue weighted by atomic mass is 35.5. The molecule has 0 radical (unpaired) electrons. The van der Waals surface area contributed by atoms with Gasteiger partial charge in [-0.05, 0) is 6.07 Å². The molecule has 0 bridgehead atoms. The molecule has 3 nitrogen and oxygen atoms in total. The Kier molecular flexibility index (Phi) is 2.75. The lowest BCUT2D eigenvalue weighted by atomic mass is 10.1. The molecule has 4 heteroatoms. The zero-order valence-corrected chi connectivity index (χ0v) is 9.02. The second-order valence-electron chi connectivity index (χ2n) is 3.32. The first-order chi connectivity index (χ1) is 7.20. The topological polar surface area (TPSA) is 38.0 Å². The highest BCUT2D eigenvalue weighted by Gasteiger charge is 2.16. The maximum absolute atomic E-state index is 10.1. The monoisotopic (exact) mass is 222 g/mol. The van der Waals surface area contributed by atoms with E-state index in [2.05, 4.69) is 4.98 Å². The minimum Gasteiger partial charge on any atom is -0.380 e. The van der Waals surface area contributed by atoms with Crippen molar-refractivity contribution in [3.63, 3.8) is 0 Å². The predicted molar refractivity (Wildman–Crippen MR) is 58.7 cm³/mol. The van der Waals surface area contributed by atoms with E-state index in [0.29, 0.717) is 16.4 Å². The van der Waals surface area contributed by atoms with E-state index in [1.165, 1.54) is 0 Å². The van der Waals surface area contributed by atoms with Crippen LogP contribution in [0.25, 0.3) is 0 Å². The molecule has 1 N–H and O–H groups in total. The fourth-order valence-corrected chi connectivity index (χ4v) is 1.72. The minimum absolute atomic E-state index is 0.549. The van der Waals surface area contributed by atoms with Gasteiger partial charge in [-0.15, -0.1) is 0 Å². The van der Waals surface area contributed by atoms with Gasteiger partial charge in [0.1, 0.15) is 11.9 Å². The van der Waals surface area contributed by atoms with Gasteiger partial charge in [0.05, 0.1) is 0 Å². The van der Waals surface area contributed by atoms with Gasteiger partial charge in [0.15, 0.2) is 0 Å². The smallest absolute Gasteiger partial charge is 0.142 e. The number of benzene rings is 1. The van der Waals surface area contributed by atoms with E-state index in [4.69, 9.17) is 11.6 Å². The summed E-state index contributed by atoms with van der Waals surface area (Å²) in [6.45, 7) is 0. The van der Waals surface area contributed by atoms with Crippen molar-refractivity contribution in [1.29, 1.82) is 0 Å². The summed E-state index contributed by atoms with van der Waals surface area (Å²) in [5.41, 5.74) is 0.675. The molecule has 2 aromatic rings. The highest BCUT2D eigenvalue weighted by molar-refractivity contribution is 6.31. The number of hydrogen-bond acceptors (Lipinski definition) is 2.